The smallest absolute Gasteiger partial charge is 0.339 e. The molecule has 0 unspecified atom stereocenters. The number of rotatable bonds is 5. The van der Waals surface area contributed by atoms with Gasteiger partial charge in [-0.05, 0) is 37.3 Å². The standard InChI is InChI=1S/C14H15NO5S/c1-9-13(14(16)17)7-11(20-9)8-15-10-3-5-12(6-4-10)21(2,18)19/h3-7,15H,8H2,1-2H3,(H,16,17). The van der Waals surface area contributed by atoms with E-state index >= 15 is 0 Å². The second-order valence-corrected chi connectivity index (χ2v) is 6.65. The Kier molecular flexibility index (Phi) is 4.04. The lowest BCUT2D eigenvalue weighted by Gasteiger charge is -2.05. The summed E-state index contributed by atoms with van der Waals surface area (Å²) in [6.45, 7) is 1.90. The summed E-state index contributed by atoms with van der Waals surface area (Å²) in [6.07, 6.45) is 1.15. The van der Waals surface area contributed by atoms with Gasteiger partial charge in [-0.1, -0.05) is 0 Å². The Morgan fingerprint density at radius 2 is 1.90 bits per heavy atom. The first kappa shape index (κ1) is 15.1. The van der Waals surface area contributed by atoms with E-state index < -0.39 is 15.8 Å². The molecule has 0 radical (unpaired) electrons. The summed E-state index contributed by atoms with van der Waals surface area (Å²) < 4.78 is 28.0. The minimum absolute atomic E-state index is 0.138. The van der Waals surface area contributed by atoms with Crippen LogP contribution in [0, 0.1) is 6.92 Å². The van der Waals surface area contributed by atoms with E-state index in [9.17, 15) is 13.2 Å². The van der Waals surface area contributed by atoms with Gasteiger partial charge in [0.05, 0.1) is 11.4 Å². The van der Waals surface area contributed by atoms with E-state index in [4.69, 9.17) is 9.52 Å². The fourth-order valence-electron chi connectivity index (χ4n) is 1.85. The van der Waals surface area contributed by atoms with Gasteiger partial charge in [-0.15, -0.1) is 0 Å². The van der Waals surface area contributed by atoms with Crippen LogP contribution in [0.4, 0.5) is 5.69 Å². The molecule has 0 bridgehead atoms. The van der Waals surface area contributed by atoms with Gasteiger partial charge < -0.3 is 14.8 Å². The summed E-state index contributed by atoms with van der Waals surface area (Å²) in [5.41, 5.74) is 0.854. The van der Waals surface area contributed by atoms with E-state index in [2.05, 4.69) is 5.32 Å². The molecule has 0 aliphatic carbocycles. The SMILES string of the molecule is Cc1oc(CNc2ccc(S(C)(=O)=O)cc2)cc1C(=O)O. The normalized spacial score (nSPS) is 11.3. The maximum atomic E-state index is 11.3. The van der Waals surface area contributed by atoms with Gasteiger partial charge in [0.15, 0.2) is 9.84 Å². The van der Waals surface area contributed by atoms with Crippen molar-refractivity contribution >= 4 is 21.5 Å². The summed E-state index contributed by atoms with van der Waals surface area (Å²) in [6, 6.07) is 7.77. The van der Waals surface area contributed by atoms with Crippen LogP contribution in [0.2, 0.25) is 0 Å². The molecule has 6 nitrogen and oxygen atoms in total. The van der Waals surface area contributed by atoms with E-state index in [1.165, 1.54) is 18.2 Å². The van der Waals surface area contributed by atoms with Crippen LogP contribution in [0.25, 0.3) is 0 Å². The lowest BCUT2D eigenvalue weighted by molar-refractivity contribution is 0.0695. The highest BCUT2D eigenvalue weighted by Gasteiger charge is 2.13. The first-order valence-electron chi connectivity index (χ1n) is 6.14. The number of nitrogens with one attached hydrogen (secondary N) is 1. The fraction of sp³-hybridized carbons (Fsp3) is 0.214. The van der Waals surface area contributed by atoms with E-state index in [0.29, 0.717) is 23.8 Å². The number of carboxylic acids is 1. The highest BCUT2D eigenvalue weighted by Crippen LogP contribution is 2.18. The Balaban J connectivity index is 2.06. The summed E-state index contributed by atoms with van der Waals surface area (Å²) in [7, 11) is -3.21. The summed E-state index contributed by atoms with van der Waals surface area (Å²) >= 11 is 0. The third-order valence-corrected chi connectivity index (χ3v) is 4.08. The number of benzene rings is 1. The maximum absolute atomic E-state index is 11.3. The van der Waals surface area contributed by atoms with Crippen LogP contribution in [0.5, 0.6) is 0 Å². The number of hydrogen-bond donors (Lipinski definition) is 2. The lowest BCUT2D eigenvalue weighted by Crippen LogP contribution is -2.00. The van der Waals surface area contributed by atoms with Crippen LogP contribution in [-0.4, -0.2) is 25.7 Å². The molecule has 0 amide bonds. The van der Waals surface area contributed by atoms with Crippen molar-refractivity contribution in [2.45, 2.75) is 18.4 Å². The van der Waals surface area contributed by atoms with Crippen molar-refractivity contribution in [3.05, 3.63) is 47.4 Å². The van der Waals surface area contributed by atoms with Crippen LogP contribution >= 0.6 is 0 Å². The predicted molar refractivity (Wildman–Crippen MR) is 77.3 cm³/mol. The molecule has 0 aliphatic rings. The molecule has 0 aliphatic heterocycles. The maximum Gasteiger partial charge on any atom is 0.339 e. The minimum Gasteiger partial charge on any atom is -0.478 e. The zero-order chi connectivity index (χ0) is 15.6. The number of furan rings is 1. The summed E-state index contributed by atoms with van der Waals surface area (Å²) in [5, 5.41) is 12.0. The van der Waals surface area contributed by atoms with Gasteiger partial charge in [-0.2, -0.15) is 0 Å². The van der Waals surface area contributed by atoms with Crippen molar-refractivity contribution in [3.8, 4) is 0 Å². The van der Waals surface area contributed by atoms with E-state index in [-0.39, 0.29) is 10.5 Å². The number of aromatic carboxylic acids is 1. The lowest BCUT2D eigenvalue weighted by atomic mass is 10.2. The number of hydrogen-bond acceptors (Lipinski definition) is 5. The van der Waals surface area contributed by atoms with Gasteiger partial charge in [0.25, 0.3) is 0 Å². The van der Waals surface area contributed by atoms with Gasteiger partial charge in [0.2, 0.25) is 0 Å². The third-order valence-electron chi connectivity index (χ3n) is 2.95. The van der Waals surface area contributed by atoms with Gasteiger partial charge in [-0.25, -0.2) is 13.2 Å². The molecule has 7 heteroatoms. The molecule has 2 aromatic rings. The Labute approximate surface area is 122 Å². The first-order valence-corrected chi connectivity index (χ1v) is 8.03. The predicted octanol–water partition coefficient (Wildman–Crippen LogP) is 2.30. The zero-order valence-electron chi connectivity index (χ0n) is 11.6. The molecule has 0 saturated heterocycles. The topological polar surface area (TPSA) is 96.6 Å². The molecule has 0 spiro atoms. The summed E-state index contributed by atoms with van der Waals surface area (Å²) in [4.78, 5) is 11.1. The molecule has 0 saturated carbocycles. The first-order chi connectivity index (χ1) is 9.77. The molecule has 0 atom stereocenters. The van der Waals surface area contributed by atoms with E-state index in [1.54, 1.807) is 19.1 Å². The molecule has 2 N–H and O–H groups in total. The molecular formula is C14H15NO5S. The van der Waals surface area contributed by atoms with E-state index in [0.717, 1.165) is 6.26 Å². The molecule has 2 rings (SSSR count). The highest BCUT2D eigenvalue weighted by atomic mass is 32.2. The van der Waals surface area contributed by atoms with Crippen molar-refractivity contribution in [1.82, 2.24) is 0 Å². The quantitative estimate of drug-likeness (QED) is 0.879. The van der Waals surface area contributed by atoms with Crippen LogP contribution in [-0.2, 0) is 16.4 Å². The fourth-order valence-corrected chi connectivity index (χ4v) is 2.48. The number of carbonyl (C=O) groups is 1. The number of aryl methyl sites for hydroxylation is 1. The second kappa shape index (κ2) is 5.61. The van der Waals surface area contributed by atoms with Crippen LogP contribution in [0.1, 0.15) is 21.9 Å². The number of sulfone groups is 1. The Morgan fingerprint density at radius 1 is 1.29 bits per heavy atom. The molecule has 112 valence electrons. The molecule has 1 heterocycles. The van der Waals surface area contributed by atoms with Gasteiger partial charge in [0, 0.05) is 11.9 Å². The van der Waals surface area contributed by atoms with Crippen LogP contribution in [0.3, 0.4) is 0 Å². The number of anilines is 1. The average Bonchev–Trinajstić information content (AvgIpc) is 2.77. The Hall–Kier alpha value is -2.28. The van der Waals surface area contributed by atoms with Gasteiger partial charge in [0.1, 0.15) is 17.1 Å². The van der Waals surface area contributed by atoms with Crippen molar-refractivity contribution in [1.29, 1.82) is 0 Å². The molecule has 1 aromatic heterocycles. The zero-order valence-corrected chi connectivity index (χ0v) is 12.4. The van der Waals surface area contributed by atoms with Gasteiger partial charge >= 0.3 is 5.97 Å². The third kappa shape index (κ3) is 3.63. The van der Waals surface area contributed by atoms with Crippen molar-refractivity contribution in [2.75, 3.05) is 11.6 Å². The largest absolute Gasteiger partial charge is 0.478 e. The summed E-state index contributed by atoms with van der Waals surface area (Å²) in [5.74, 6) is -0.177. The Bertz CT molecular complexity index is 759. The van der Waals surface area contributed by atoms with Crippen molar-refractivity contribution < 1.29 is 22.7 Å². The van der Waals surface area contributed by atoms with Crippen molar-refractivity contribution in [3.63, 3.8) is 0 Å². The average molecular weight is 309 g/mol. The second-order valence-electron chi connectivity index (χ2n) is 4.64. The van der Waals surface area contributed by atoms with Crippen LogP contribution in [0.15, 0.2) is 39.6 Å². The molecular weight excluding hydrogens is 294 g/mol. The Morgan fingerprint density at radius 3 is 2.38 bits per heavy atom. The minimum atomic E-state index is -3.21. The molecule has 1 aromatic carbocycles. The molecule has 21 heavy (non-hydrogen) atoms. The van der Waals surface area contributed by atoms with E-state index in [1.807, 2.05) is 0 Å². The van der Waals surface area contributed by atoms with Crippen molar-refractivity contribution in [2.24, 2.45) is 0 Å². The van der Waals surface area contributed by atoms with Crippen LogP contribution < -0.4 is 5.32 Å². The monoisotopic (exact) mass is 309 g/mol. The molecule has 0 fully saturated rings. The van der Waals surface area contributed by atoms with Gasteiger partial charge in [-0.3, -0.25) is 0 Å². The highest BCUT2D eigenvalue weighted by molar-refractivity contribution is 7.90. The number of carboxylic acid groups (broad SMARTS) is 1.